The van der Waals surface area contributed by atoms with Crippen LogP contribution < -0.4 is 29.6 Å². The Morgan fingerprint density at radius 2 is 1.87 bits per heavy atom. The molecule has 0 bridgehead atoms. The summed E-state index contributed by atoms with van der Waals surface area (Å²) in [5.74, 6) is 5.34. The van der Waals surface area contributed by atoms with Gasteiger partial charge in [-0.1, -0.05) is 30.0 Å². The van der Waals surface area contributed by atoms with E-state index in [1.54, 1.807) is 0 Å². The molecule has 0 aromatic heterocycles. The summed E-state index contributed by atoms with van der Waals surface area (Å²) >= 11 is 0. The molecule has 0 spiro atoms. The summed E-state index contributed by atoms with van der Waals surface area (Å²) in [6.07, 6.45) is 0. The smallest absolute Gasteiger partial charge is 0.739 e. The van der Waals surface area contributed by atoms with E-state index in [0.29, 0.717) is 10.8 Å². The monoisotopic (exact) mass is 250 g/mol. The molecule has 3 nitrogen and oxygen atoms in total. The third kappa shape index (κ3) is 7.91. The van der Waals surface area contributed by atoms with E-state index in [9.17, 15) is 13.0 Å². The average molecular weight is 250 g/mol. The van der Waals surface area contributed by atoms with Crippen molar-refractivity contribution in [3.8, 4) is 11.8 Å². The summed E-state index contributed by atoms with van der Waals surface area (Å²) < 4.78 is 30.5. The molecule has 0 saturated heterocycles. The Hall–Kier alpha value is 0.0400. The van der Waals surface area contributed by atoms with Crippen LogP contribution in [0.3, 0.4) is 0 Å². The van der Waals surface area contributed by atoms with Crippen LogP contribution in [-0.4, -0.2) is 18.7 Å². The van der Waals surface area contributed by atoms with Gasteiger partial charge in [-0.05, 0) is 22.9 Å². The van der Waals surface area contributed by atoms with Crippen molar-refractivity contribution < 1.29 is 42.5 Å². The summed E-state index contributed by atoms with van der Waals surface area (Å²) in [4.78, 5) is 0. The van der Waals surface area contributed by atoms with Gasteiger partial charge in [0.25, 0.3) is 0 Å². The molecule has 0 aliphatic carbocycles. The maximum atomic E-state index is 10.2. The Morgan fingerprint density at radius 3 is 2.40 bits per heavy atom. The fourth-order valence-electron chi connectivity index (χ4n) is 0.761. The van der Waals surface area contributed by atoms with Crippen LogP contribution in [0.1, 0.15) is 5.56 Å². The zero-order chi connectivity index (χ0) is 10.4. The summed E-state index contributed by atoms with van der Waals surface area (Å²) in [5.41, 5.74) is 0.802. The third-order valence-electron chi connectivity index (χ3n) is 1.28. The third-order valence-corrected chi connectivity index (χ3v) is 3.05. The van der Waals surface area contributed by atoms with Crippen molar-refractivity contribution in [1.82, 2.24) is 0 Å². The van der Waals surface area contributed by atoms with Crippen LogP contribution in [-0.2, 0) is 9.15 Å². The zero-order valence-corrected chi connectivity index (χ0v) is 11.8. The fourth-order valence-corrected chi connectivity index (χ4v) is 1.65. The van der Waals surface area contributed by atoms with Gasteiger partial charge in [0, 0.05) is 5.56 Å². The van der Waals surface area contributed by atoms with Crippen molar-refractivity contribution in [2.75, 3.05) is 5.75 Å². The molecule has 15 heavy (non-hydrogen) atoms. The SMILES string of the molecule is O=S(=O)([O-])SCC#Cc1ccccc1.[Na+]. The maximum absolute atomic E-state index is 10.2. The predicted molar refractivity (Wildman–Crippen MR) is 55.5 cm³/mol. The largest absolute Gasteiger partial charge is 1.00 e. The maximum Gasteiger partial charge on any atom is 1.00 e. The van der Waals surface area contributed by atoms with Crippen LogP contribution in [0.15, 0.2) is 30.3 Å². The van der Waals surface area contributed by atoms with E-state index in [4.69, 9.17) is 0 Å². The quantitative estimate of drug-likeness (QED) is 0.270. The molecule has 1 aromatic rings. The molecule has 0 atom stereocenters. The Morgan fingerprint density at radius 1 is 1.27 bits per heavy atom. The number of benzene rings is 1. The fraction of sp³-hybridized carbons (Fsp3) is 0.111. The molecular formula is C9H7NaO3S2. The van der Waals surface area contributed by atoms with Crippen molar-refractivity contribution in [2.24, 2.45) is 0 Å². The van der Waals surface area contributed by atoms with Crippen molar-refractivity contribution in [3.05, 3.63) is 35.9 Å². The molecule has 1 aromatic carbocycles. The minimum absolute atomic E-state index is 0. The molecule has 0 unspecified atom stereocenters. The van der Waals surface area contributed by atoms with Crippen molar-refractivity contribution >= 4 is 19.9 Å². The Kier molecular flexibility index (Phi) is 7.36. The molecule has 74 valence electrons. The van der Waals surface area contributed by atoms with Gasteiger partial charge in [0.2, 0.25) is 0 Å². The van der Waals surface area contributed by atoms with Gasteiger partial charge in [-0.15, -0.1) is 0 Å². The standard InChI is InChI=1S/C9H8O3S2.Na/c10-14(11,12)13-8-4-7-9-5-2-1-3-6-9;/h1-3,5-6H,8H2,(H,10,11,12);/q;+1/p-1. The minimum atomic E-state index is -4.21. The van der Waals surface area contributed by atoms with Gasteiger partial charge in [0.1, 0.15) is 9.15 Å². The molecule has 0 fully saturated rings. The number of rotatable bonds is 2. The summed E-state index contributed by atoms with van der Waals surface area (Å²) in [6.45, 7) is 0. The van der Waals surface area contributed by atoms with Crippen molar-refractivity contribution in [2.45, 2.75) is 0 Å². The van der Waals surface area contributed by atoms with E-state index < -0.39 is 9.15 Å². The van der Waals surface area contributed by atoms with Crippen molar-refractivity contribution in [3.63, 3.8) is 0 Å². The van der Waals surface area contributed by atoms with E-state index in [0.717, 1.165) is 5.56 Å². The first kappa shape index (κ1) is 15.0. The second-order valence-corrected chi connectivity index (χ2v) is 5.61. The van der Waals surface area contributed by atoms with Crippen LogP contribution in [0.25, 0.3) is 0 Å². The van der Waals surface area contributed by atoms with E-state index in [2.05, 4.69) is 11.8 Å². The summed E-state index contributed by atoms with van der Waals surface area (Å²) in [6, 6.07) is 9.15. The topological polar surface area (TPSA) is 57.2 Å². The molecule has 6 heteroatoms. The normalized spacial score (nSPS) is 9.67. The van der Waals surface area contributed by atoms with Crippen LogP contribution in [0.4, 0.5) is 0 Å². The van der Waals surface area contributed by atoms with Gasteiger partial charge in [0.05, 0.1) is 5.75 Å². The van der Waals surface area contributed by atoms with E-state index >= 15 is 0 Å². The summed E-state index contributed by atoms with van der Waals surface area (Å²) in [7, 11) is -3.92. The molecule has 0 N–H and O–H groups in total. The molecule has 0 amide bonds. The number of hydrogen-bond donors (Lipinski definition) is 0. The predicted octanol–water partition coefficient (Wildman–Crippen LogP) is -1.76. The molecular weight excluding hydrogens is 243 g/mol. The minimum Gasteiger partial charge on any atom is -0.739 e. The second-order valence-electron chi connectivity index (χ2n) is 2.34. The second kappa shape index (κ2) is 7.34. The summed E-state index contributed by atoms with van der Waals surface area (Å²) in [5, 5.41) is 0. The van der Waals surface area contributed by atoms with Crippen LogP contribution in [0.2, 0.25) is 0 Å². The van der Waals surface area contributed by atoms with Gasteiger partial charge >= 0.3 is 29.6 Å². The average Bonchev–Trinajstić information content (AvgIpc) is 2.13. The van der Waals surface area contributed by atoms with E-state index in [-0.39, 0.29) is 35.3 Å². The molecule has 0 radical (unpaired) electrons. The molecule has 0 saturated carbocycles. The Labute approximate surface area is 115 Å². The first-order valence-corrected chi connectivity index (χ1v) is 6.63. The number of hydrogen-bond acceptors (Lipinski definition) is 4. The van der Waals surface area contributed by atoms with Crippen LogP contribution >= 0.6 is 10.8 Å². The van der Waals surface area contributed by atoms with Gasteiger partial charge in [-0.3, -0.25) is 0 Å². The van der Waals surface area contributed by atoms with Crippen LogP contribution in [0, 0.1) is 11.8 Å². The molecule has 0 aliphatic heterocycles. The van der Waals surface area contributed by atoms with Crippen molar-refractivity contribution in [1.29, 1.82) is 0 Å². The van der Waals surface area contributed by atoms with Crippen LogP contribution in [0.5, 0.6) is 0 Å². The van der Waals surface area contributed by atoms with E-state index in [1.165, 1.54) is 0 Å². The Bertz CT molecular complexity index is 445. The van der Waals surface area contributed by atoms with Gasteiger partial charge < -0.3 is 4.55 Å². The Balaban J connectivity index is 0.00000196. The first-order valence-electron chi connectivity index (χ1n) is 3.72. The molecule has 0 heterocycles. The first-order chi connectivity index (χ1) is 6.58. The van der Waals surface area contributed by atoms with Gasteiger partial charge in [-0.2, -0.15) is 0 Å². The molecule has 0 aliphatic rings. The van der Waals surface area contributed by atoms with Gasteiger partial charge in [-0.25, -0.2) is 8.42 Å². The van der Waals surface area contributed by atoms with Gasteiger partial charge in [0.15, 0.2) is 0 Å². The molecule has 1 rings (SSSR count). The van der Waals surface area contributed by atoms with E-state index in [1.807, 2.05) is 30.3 Å². The zero-order valence-electron chi connectivity index (χ0n) is 8.14.